The van der Waals surface area contributed by atoms with Gasteiger partial charge in [0.25, 0.3) is 0 Å². The van der Waals surface area contributed by atoms with Crippen LogP contribution in [0, 0.1) is 0 Å². The maximum Gasteiger partial charge on any atom is 0.320 e. The van der Waals surface area contributed by atoms with Crippen LogP contribution in [0.15, 0.2) is 18.2 Å². The van der Waals surface area contributed by atoms with Crippen molar-refractivity contribution < 1.29 is 19.4 Å². The van der Waals surface area contributed by atoms with Gasteiger partial charge in [-0.1, -0.05) is 0 Å². The average Bonchev–Trinajstić information content (AvgIpc) is 2.90. The minimum Gasteiger partial charge on any atom is -0.480 e. The SMILES string of the molecule is C[N+](C)(CCCC[C@H](N)C(=O)O)c1ccc2c(c1)OCO2. The van der Waals surface area contributed by atoms with Crippen LogP contribution in [0.3, 0.4) is 0 Å². The maximum atomic E-state index is 10.7. The van der Waals surface area contributed by atoms with Gasteiger partial charge in [0, 0.05) is 12.1 Å². The van der Waals surface area contributed by atoms with E-state index in [2.05, 4.69) is 14.1 Å². The molecule has 0 aromatic heterocycles. The minimum absolute atomic E-state index is 0.277. The van der Waals surface area contributed by atoms with E-state index in [-0.39, 0.29) is 6.79 Å². The van der Waals surface area contributed by atoms with Crippen molar-refractivity contribution in [1.29, 1.82) is 0 Å². The molecule has 0 aliphatic carbocycles. The maximum absolute atomic E-state index is 10.7. The highest BCUT2D eigenvalue weighted by Crippen LogP contribution is 2.36. The summed E-state index contributed by atoms with van der Waals surface area (Å²) in [5, 5.41) is 8.75. The molecule has 6 nitrogen and oxygen atoms in total. The number of hydrogen-bond acceptors (Lipinski definition) is 4. The van der Waals surface area contributed by atoms with Gasteiger partial charge < -0.3 is 20.3 Å². The van der Waals surface area contributed by atoms with Gasteiger partial charge in [-0.15, -0.1) is 0 Å². The fraction of sp³-hybridized carbons (Fsp3) is 0.533. The summed E-state index contributed by atoms with van der Waals surface area (Å²) in [6, 6.07) is 5.21. The lowest BCUT2D eigenvalue weighted by atomic mass is 10.1. The van der Waals surface area contributed by atoms with Crippen molar-refractivity contribution in [3.63, 3.8) is 0 Å². The Hall–Kier alpha value is -1.79. The highest BCUT2D eigenvalue weighted by Gasteiger charge is 2.23. The molecular weight excluding hydrogens is 272 g/mol. The van der Waals surface area contributed by atoms with Gasteiger partial charge in [-0.2, -0.15) is 0 Å². The van der Waals surface area contributed by atoms with Crippen LogP contribution in [0.4, 0.5) is 5.69 Å². The van der Waals surface area contributed by atoms with E-state index in [4.69, 9.17) is 20.3 Å². The predicted octanol–water partition coefficient (Wildman–Crippen LogP) is 1.56. The zero-order valence-electron chi connectivity index (χ0n) is 12.5. The number of unbranched alkanes of at least 4 members (excludes halogenated alkanes) is 1. The first-order chi connectivity index (χ1) is 9.90. The quantitative estimate of drug-likeness (QED) is 0.589. The number of carbonyl (C=O) groups is 1. The Bertz CT molecular complexity index is 516. The van der Waals surface area contributed by atoms with E-state index in [0.29, 0.717) is 10.9 Å². The summed E-state index contributed by atoms with van der Waals surface area (Å²) in [6.07, 6.45) is 2.23. The Kier molecular flexibility index (Phi) is 4.69. The first-order valence-electron chi connectivity index (χ1n) is 7.12. The molecule has 0 spiro atoms. The summed E-state index contributed by atoms with van der Waals surface area (Å²) in [7, 11) is 4.24. The fourth-order valence-electron chi connectivity index (χ4n) is 2.39. The molecule has 0 fully saturated rings. The van der Waals surface area contributed by atoms with Gasteiger partial charge in [-0.3, -0.25) is 9.28 Å². The summed E-state index contributed by atoms with van der Waals surface area (Å²) < 4.78 is 11.4. The van der Waals surface area contributed by atoms with Crippen molar-refractivity contribution in [2.75, 3.05) is 27.4 Å². The number of rotatable bonds is 7. The van der Waals surface area contributed by atoms with Crippen molar-refractivity contribution >= 4 is 11.7 Å². The summed E-state index contributed by atoms with van der Waals surface area (Å²) in [6.45, 7) is 1.19. The summed E-state index contributed by atoms with van der Waals surface area (Å²) >= 11 is 0. The van der Waals surface area contributed by atoms with E-state index in [0.717, 1.165) is 36.6 Å². The second-order valence-electron chi connectivity index (χ2n) is 5.89. The van der Waals surface area contributed by atoms with Crippen molar-refractivity contribution in [2.24, 2.45) is 5.73 Å². The number of quaternary nitrogens is 1. The number of benzene rings is 1. The topological polar surface area (TPSA) is 81.8 Å². The van der Waals surface area contributed by atoms with Gasteiger partial charge in [0.1, 0.15) is 11.7 Å². The molecule has 1 atom stereocenters. The lowest BCUT2D eigenvalue weighted by molar-refractivity contribution is -0.138. The van der Waals surface area contributed by atoms with E-state index in [9.17, 15) is 4.79 Å². The van der Waals surface area contributed by atoms with Crippen LogP contribution in [-0.4, -0.2) is 44.6 Å². The normalized spacial score (nSPS) is 15.0. The third-order valence-electron chi connectivity index (χ3n) is 3.85. The minimum atomic E-state index is -0.931. The third-order valence-corrected chi connectivity index (χ3v) is 3.85. The van der Waals surface area contributed by atoms with Crippen molar-refractivity contribution in [3.05, 3.63) is 18.2 Å². The molecule has 1 aromatic rings. The Morgan fingerprint density at radius 2 is 2.05 bits per heavy atom. The van der Waals surface area contributed by atoms with Crippen LogP contribution in [0.25, 0.3) is 0 Å². The number of nitrogens with zero attached hydrogens (tertiary/aromatic N) is 1. The number of fused-ring (bicyclic) bond motifs is 1. The van der Waals surface area contributed by atoms with Gasteiger partial charge in [-0.25, -0.2) is 0 Å². The molecule has 2 rings (SSSR count). The van der Waals surface area contributed by atoms with Crippen LogP contribution in [-0.2, 0) is 4.79 Å². The Morgan fingerprint density at radius 3 is 2.76 bits per heavy atom. The predicted molar refractivity (Wildman–Crippen MR) is 80.5 cm³/mol. The van der Waals surface area contributed by atoms with Crippen LogP contribution in [0.5, 0.6) is 11.5 Å². The molecule has 0 saturated carbocycles. The summed E-state index contributed by atoms with van der Waals surface area (Å²) in [5.74, 6) is 0.636. The molecule has 21 heavy (non-hydrogen) atoms. The lowest BCUT2D eigenvalue weighted by Crippen LogP contribution is -2.41. The molecule has 6 heteroatoms. The molecule has 0 amide bonds. The van der Waals surface area contributed by atoms with Gasteiger partial charge in [0.05, 0.1) is 20.6 Å². The second kappa shape index (κ2) is 6.32. The lowest BCUT2D eigenvalue weighted by Gasteiger charge is -2.29. The van der Waals surface area contributed by atoms with Crippen molar-refractivity contribution in [3.8, 4) is 11.5 Å². The molecule has 1 aliphatic heterocycles. The van der Waals surface area contributed by atoms with E-state index in [1.54, 1.807) is 0 Å². The summed E-state index contributed by atoms with van der Waals surface area (Å²) in [4.78, 5) is 10.7. The number of carboxylic acid groups (broad SMARTS) is 1. The molecule has 116 valence electrons. The third kappa shape index (κ3) is 3.86. The zero-order valence-corrected chi connectivity index (χ0v) is 12.5. The Labute approximate surface area is 124 Å². The molecule has 0 radical (unpaired) electrons. The number of carboxylic acids is 1. The number of nitrogens with two attached hydrogens (primary N) is 1. The fourth-order valence-corrected chi connectivity index (χ4v) is 2.39. The zero-order chi connectivity index (χ0) is 15.5. The number of ether oxygens (including phenoxy) is 2. The monoisotopic (exact) mass is 295 g/mol. The Balaban J connectivity index is 1.88. The average molecular weight is 295 g/mol. The van der Waals surface area contributed by atoms with Crippen LogP contribution < -0.4 is 19.7 Å². The molecule has 1 aliphatic rings. The van der Waals surface area contributed by atoms with E-state index in [1.807, 2.05) is 18.2 Å². The van der Waals surface area contributed by atoms with E-state index < -0.39 is 12.0 Å². The van der Waals surface area contributed by atoms with E-state index in [1.165, 1.54) is 0 Å². The van der Waals surface area contributed by atoms with Crippen LogP contribution in [0.1, 0.15) is 19.3 Å². The molecule has 0 bridgehead atoms. The first kappa shape index (κ1) is 15.6. The van der Waals surface area contributed by atoms with Gasteiger partial charge in [-0.05, 0) is 25.3 Å². The molecule has 0 saturated heterocycles. The molecular formula is C15H23N2O4+. The molecule has 3 N–H and O–H groups in total. The molecule has 0 unspecified atom stereocenters. The van der Waals surface area contributed by atoms with Gasteiger partial charge in [0.2, 0.25) is 6.79 Å². The standard InChI is InChI=1S/C15H22N2O4/c1-17(2,8-4-3-5-12(16)15(18)19)11-6-7-13-14(9-11)21-10-20-13/h6-7,9,12H,3-5,8,10,16H2,1-2H3/p+1/t12-/m0/s1. The molecule has 1 aromatic carbocycles. The smallest absolute Gasteiger partial charge is 0.320 e. The van der Waals surface area contributed by atoms with E-state index >= 15 is 0 Å². The highest BCUT2D eigenvalue weighted by atomic mass is 16.7. The summed E-state index contributed by atoms with van der Waals surface area (Å²) in [5.41, 5.74) is 6.64. The highest BCUT2D eigenvalue weighted by molar-refractivity contribution is 5.72. The molecule has 1 heterocycles. The Morgan fingerprint density at radius 1 is 1.33 bits per heavy atom. The van der Waals surface area contributed by atoms with Crippen molar-refractivity contribution in [2.45, 2.75) is 25.3 Å². The number of aliphatic carboxylic acids is 1. The van der Waals surface area contributed by atoms with Crippen LogP contribution in [0.2, 0.25) is 0 Å². The largest absolute Gasteiger partial charge is 0.480 e. The van der Waals surface area contributed by atoms with Gasteiger partial charge >= 0.3 is 5.97 Å². The van der Waals surface area contributed by atoms with Crippen LogP contribution >= 0.6 is 0 Å². The second-order valence-corrected chi connectivity index (χ2v) is 5.89. The first-order valence-corrected chi connectivity index (χ1v) is 7.12. The van der Waals surface area contributed by atoms with Gasteiger partial charge in [0.15, 0.2) is 11.5 Å². The van der Waals surface area contributed by atoms with Crippen molar-refractivity contribution in [1.82, 2.24) is 4.48 Å². The number of hydrogen-bond donors (Lipinski definition) is 2.